The Morgan fingerprint density at radius 1 is 1.27 bits per heavy atom. The van der Waals surface area contributed by atoms with Crippen molar-refractivity contribution in [3.05, 3.63) is 48.1 Å². The van der Waals surface area contributed by atoms with Gasteiger partial charge < -0.3 is 10.0 Å². The van der Waals surface area contributed by atoms with Crippen LogP contribution < -0.4 is 4.90 Å². The maximum Gasteiger partial charge on any atom is 0.329 e. The van der Waals surface area contributed by atoms with E-state index < -0.39 is 12.0 Å². The summed E-state index contributed by atoms with van der Waals surface area (Å²) in [5, 5.41) is 9.62. The van der Waals surface area contributed by atoms with Crippen LogP contribution in [0.25, 0.3) is 6.08 Å². The molecule has 0 bridgehead atoms. The molecular formula is C16H18N2NaO2S. The van der Waals surface area contributed by atoms with Gasteiger partial charge in [0, 0.05) is 55.1 Å². The van der Waals surface area contributed by atoms with Gasteiger partial charge in [0.25, 0.3) is 0 Å². The van der Waals surface area contributed by atoms with E-state index in [9.17, 15) is 4.79 Å². The summed E-state index contributed by atoms with van der Waals surface area (Å²) >= 11 is 1.47. The molecular weight excluding hydrogens is 307 g/mol. The average Bonchev–Trinajstić information content (AvgIpc) is 2.93. The predicted octanol–water partition coefficient (Wildman–Crippen LogP) is 2.54. The summed E-state index contributed by atoms with van der Waals surface area (Å²) in [5.74, 6) is -0.340. The van der Waals surface area contributed by atoms with Gasteiger partial charge in [-0.05, 0) is 23.8 Å². The minimum atomic E-state index is -0.859. The van der Waals surface area contributed by atoms with Crippen LogP contribution in [0, 0.1) is 0 Å². The van der Waals surface area contributed by atoms with E-state index in [0.29, 0.717) is 5.75 Å². The molecule has 1 aliphatic heterocycles. The van der Waals surface area contributed by atoms with E-state index in [0.717, 1.165) is 10.6 Å². The fraction of sp³-hybridized carbons (Fsp3) is 0.250. The van der Waals surface area contributed by atoms with Crippen LogP contribution in [0.3, 0.4) is 0 Å². The van der Waals surface area contributed by atoms with Gasteiger partial charge in [-0.1, -0.05) is 30.4 Å². The first-order chi connectivity index (χ1) is 10.1. The van der Waals surface area contributed by atoms with Crippen molar-refractivity contribution in [2.24, 2.45) is 4.99 Å². The van der Waals surface area contributed by atoms with Crippen molar-refractivity contribution in [3.8, 4) is 0 Å². The maximum absolute atomic E-state index is 10.8. The molecule has 0 amide bonds. The Balaban J connectivity index is 0.00000242. The smallest absolute Gasteiger partial charge is 0.329 e. The fourth-order valence-corrected chi connectivity index (χ4v) is 2.72. The summed E-state index contributed by atoms with van der Waals surface area (Å²) in [6.45, 7) is 0. The van der Waals surface area contributed by atoms with Crippen LogP contribution in [0.2, 0.25) is 0 Å². The molecule has 111 valence electrons. The zero-order valence-corrected chi connectivity index (χ0v) is 15.9. The first-order valence-electron chi connectivity index (χ1n) is 6.62. The largest absolute Gasteiger partial charge is 0.480 e. The van der Waals surface area contributed by atoms with Crippen LogP contribution >= 0.6 is 11.8 Å². The molecule has 1 heterocycles. The normalized spacial score (nSPS) is 17.5. The van der Waals surface area contributed by atoms with E-state index in [2.05, 4.69) is 34.2 Å². The molecule has 1 radical (unpaired) electrons. The van der Waals surface area contributed by atoms with Crippen LogP contribution in [0.15, 0.2) is 47.5 Å². The summed E-state index contributed by atoms with van der Waals surface area (Å²) in [5.41, 5.74) is 2.29. The molecule has 0 saturated carbocycles. The molecule has 0 saturated heterocycles. The van der Waals surface area contributed by atoms with Gasteiger partial charge in [-0.15, -0.1) is 11.8 Å². The third-order valence-electron chi connectivity index (χ3n) is 3.01. The number of anilines is 1. The monoisotopic (exact) mass is 325 g/mol. The number of aliphatic imine (C=N–C) groups is 1. The van der Waals surface area contributed by atoms with Crippen LogP contribution in [0.4, 0.5) is 5.69 Å². The Kier molecular flexibility index (Phi) is 7.96. The van der Waals surface area contributed by atoms with Crippen molar-refractivity contribution in [1.29, 1.82) is 0 Å². The van der Waals surface area contributed by atoms with E-state index in [1.54, 1.807) is 0 Å². The molecule has 22 heavy (non-hydrogen) atoms. The van der Waals surface area contributed by atoms with Gasteiger partial charge in [0.05, 0.1) is 5.04 Å². The SMILES string of the molecule is CN(C)c1ccc(/C=C/C=C/C2=N[C@@H](C(=O)O)CS2)cc1.[Na]. The van der Waals surface area contributed by atoms with Crippen molar-refractivity contribution in [3.63, 3.8) is 0 Å². The van der Waals surface area contributed by atoms with E-state index in [4.69, 9.17) is 5.11 Å². The summed E-state index contributed by atoms with van der Waals surface area (Å²) in [7, 11) is 4.02. The van der Waals surface area contributed by atoms with E-state index in [1.165, 1.54) is 17.4 Å². The molecule has 1 aliphatic rings. The number of hydrogen-bond acceptors (Lipinski definition) is 4. The maximum atomic E-state index is 10.8. The Morgan fingerprint density at radius 3 is 2.45 bits per heavy atom. The minimum Gasteiger partial charge on any atom is -0.480 e. The summed E-state index contributed by atoms with van der Waals surface area (Å²) < 4.78 is 0. The molecule has 1 atom stereocenters. The average molecular weight is 325 g/mol. The third-order valence-corrected chi connectivity index (χ3v) is 4.02. The quantitative estimate of drug-likeness (QED) is 0.668. The number of nitrogens with zero attached hydrogens (tertiary/aromatic N) is 2. The molecule has 0 fully saturated rings. The molecule has 6 heteroatoms. The molecule has 0 aliphatic carbocycles. The van der Waals surface area contributed by atoms with Crippen LogP contribution in [-0.2, 0) is 4.79 Å². The zero-order valence-electron chi connectivity index (χ0n) is 13.1. The molecule has 0 aromatic heterocycles. The van der Waals surface area contributed by atoms with Crippen molar-refractivity contribution in [2.75, 3.05) is 24.7 Å². The van der Waals surface area contributed by atoms with Crippen molar-refractivity contribution in [2.45, 2.75) is 6.04 Å². The van der Waals surface area contributed by atoms with Gasteiger partial charge in [0.1, 0.15) is 0 Å². The second kappa shape index (κ2) is 9.20. The number of carboxylic acid groups (broad SMARTS) is 1. The van der Waals surface area contributed by atoms with Gasteiger partial charge in [0.15, 0.2) is 6.04 Å². The van der Waals surface area contributed by atoms with Gasteiger partial charge in [-0.25, -0.2) is 4.79 Å². The first kappa shape index (κ1) is 19.0. The minimum absolute atomic E-state index is 0. The van der Waals surface area contributed by atoms with E-state index in [1.807, 2.05) is 38.4 Å². The van der Waals surface area contributed by atoms with Gasteiger partial charge in [-0.3, -0.25) is 4.99 Å². The van der Waals surface area contributed by atoms with Crippen LogP contribution in [-0.4, -0.2) is 71.6 Å². The van der Waals surface area contributed by atoms with Gasteiger partial charge in [-0.2, -0.15) is 0 Å². The molecule has 2 rings (SSSR count). The second-order valence-electron chi connectivity index (χ2n) is 4.84. The number of rotatable bonds is 5. The van der Waals surface area contributed by atoms with E-state index in [-0.39, 0.29) is 29.6 Å². The van der Waals surface area contributed by atoms with Crippen molar-refractivity contribution in [1.82, 2.24) is 0 Å². The Bertz CT molecular complexity index is 595. The number of allylic oxidation sites excluding steroid dienone is 2. The number of carbonyl (C=O) groups is 1. The zero-order chi connectivity index (χ0) is 15.2. The summed E-state index contributed by atoms with van der Waals surface area (Å²) in [6, 6.07) is 7.65. The molecule has 1 N–H and O–H groups in total. The number of hydrogen-bond donors (Lipinski definition) is 1. The summed E-state index contributed by atoms with van der Waals surface area (Å²) in [4.78, 5) is 16.9. The molecule has 1 aromatic carbocycles. The predicted molar refractivity (Wildman–Crippen MR) is 96.0 cm³/mol. The summed E-state index contributed by atoms with van der Waals surface area (Å²) in [6.07, 6.45) is 7.67. The van der Waals surface area contributed by atoms with Crippen LogP contribution in [0.5, 0.6) is 0 Å². The topological polar surface area (TPSA) is 52.9 Å². The Morgan fingerprint density at radius 2 is 1.91 bits per heavy atom. The third kappa shape index (κ3) is 5.65. The van der Waals surface area contributed by atoms with Crippen LogP contribution in [0.1, 0.15) is 5.56 Å². The Hall–Kier alpha value is -1.01. The second-order valence-corrected chi connectivity index (χ2v) is 5.88. The number of carboxylic acids is 1. The van der Waals surface area contributed by atoms with Gasteiger partial charge in [0.2, 0.25) is 0 Å². The van der Waals surface area contributed by atoms with Crippen molar-refractivity contribution >= 4 is 64.1 Å². The fourth-order valence-electron chi connectivity index (χ4n) is 1.80. The van der Waals surface area contributed by atoms with Gasteiger partial charge >= 0.3 is 5.97 Å². The number of thioether (sulfide) groups is 1. The number of benzene rings is 1. The molecule has 0 unspecified atom stereocenters. The Labute approximate surface area is 157 Å². The standard InChI is InChI=1S/C16H18N2O2S.Na/c1-18(2)13-9-7-12(8-10-13)5-3-4-6-15-17-14(11-21-15)16(19)20;/h3-10,14H,11H2,1-2H3,(H,19,20);/b5-3+,6-4+;/t14-;/m1./s1. The first-order valence-corrected chi connectivity index (χ1v) is 7.60. The number of aliphatic carboxylic acids is 1. The van der Waals surface area contributed by atoms with Crippen molar-refractivity contribution < 1.29 is 9.90 Å². The molecule has 4 nitrogen and oxygen atoms in total. The van der Waals surface area contributed by atoms with E-state index >= 15 is 0 Å². The molecule has 1 aromatic rings. The molecule has 0 spiro atoms.